The summed E-state index contributed by atoms with van der Waals surface area (Å²) in [5, 5.41) is 12.1. The molecule has 0 saturated heterocycles. The Balaban J connectivity index is 1.79. The van der Waals surface area contributed by atoms with Gasteiger partial charge >= 0.3 is 5.97 Å². The Morgan fingerprint density at radius 3 is 2.70 bits per heavy atom. The molecule has 108 valence electrons. The quantitative estimate of drug-likeness (QED) is 0.815. The Hall–Kier alpha value is -1.27. The van der Waals surface area contributed by atoms with Gasteiger partial charge in [-0.2, -0.15) is 0 Å². The third-order valence-corrected chi connectivity index (χ3v) is 4.04. The summed E-state index contributed by atoms with van der Waals surface area (Å²) < 4.78 is 5.99. The standard InChI is InChI=1S/C13H13BrClNO4/c14-9-5-8(15)1-2-10(9)20-6-11(17)16-7-13(3-4-13)12(18)19/h1-2,5H,3-4,6-7H2,(H,16,17)(H,18,19). The zero-order chi connectivity index (χ0) is 14.8. The molecule has 0 aromatic heterocycles. The van der Waals surface area contributed by atoms with Gasteiger partial charge in [0.1, 0.15) is 5.75 Å². The largest absolute Gasteiger partial charge is 0.483 e. The average molecular weight is 363 g/mol. The highest BCUT2D eigenvalue weighted by molar-refractivity contribution is 9.10. The van der Waals surface area contributed by atoms with E-state index in [2.05, 4.69) is 21.2 Å². The van der Waals surface area contributed by atoms with Gasteiger partial charge in [-0.15, -0.1) is 0 Å². The van der Waals surface area contributed by atoms with Gasteiger partial charge in [-0.3, -0.25) is 9.59 Å². The third-order valence-electron chi connectivity index (χ3n) is 3.18. The van der Waals surface area contributed by atoms with Crippen molar-refractivity contribution in [3.63, 3.8) is 0 Å². The Morgan fingerprint density at radius 1 is 1.45 bits per heavy atom. The lowest BCUT2D eigenvalue weighted by atomic mass is 10.1. The van der Waals surface area contributed by atoms with Crippen molar-refractivity contribution in [3.05, 3.63) is 27.7 Å². The molecular formula is C13H13BrClNO4. The molecule has 1 fully saturated rings. The molecule has 1 amide bonds. The summed E-state index contributed by atoms with van der Waals surface area (Å²) in [6, 6.07) is 4.97. The van der Waals surface area contributed by atoms with Crippen molar-refractivity contribution in [1.82, 2.24) is 5.32 Å². The van der Waals surface area contributed by atoms with Crippen LogP contribution in [0.1, 0.15) is 12.8 Å². The minimum atomic E-state index is -0.862. The number of aliphatic carboxylic acids is 1. The Morgan fingerprint density at radius 2 is 2.15 bits per heavy atom. The molecular weight excluding hydrogens is 350 g/mol. The number of amides is 1. The van der Waals surface area contributed by atoms with Gasteiger partial charge in [0.2, 0.25) is 0 Å². The van der Waals surface area contributed by atoms with Crippen molar-refractivity contribution in [3.8, 4) is 5.75 Å². The van der Waals surface area contributed by atoms with Crippen molar-refractivity contribution in [2.75, 3.05) is 13.2 Å². The molecule has 0 aliphatic heterocycles. The molecule has 0 atom stereocenters. The normalized spacial score (nSPS) is 15.5. The number of rotatable bonds is 6. The van der Waals surface area contributed by atoms with Gasteiger partial charge < -0.3 is 15.2 Å². The fraction of sp³-hybridized carbons (Fsp3) is 0.385. The lowest BCUT2D eigenvalue weighted by Crippen LogP contribution is -2.36. The number of nitrogens with one attached hydrogen (secondary N) is 1. The number of hydrogen-bond acceptors (Lipinski definition) is 3. The van der Waals surface area contributed by atoms with Crippen molar-refractivity contribution in [2.24, 2.45) is 5.41 Å². The van der Waals surface area contributed by atoms with E-state index in [0.29, 0.717) is 28.1 Å². The number of ether oxygens (including phenoxy) is 1. The number of hydrogen-bond donors (Lipinski definition) is 2. The molecule has 1 aliphatic carbocycles. The number of halogens is 2. The maximum Gasteiger partial charge on any atom is 0.311 e. The van der Waals surface area contributed by atoms with E-state index in [-0.39, 0.29) is 19.1 Å². The summed E-state index contributed by atoms with van der Waals surface area (Å²) in [6.45, 7) is -0.0256. The molecule has 1 saturated carbocycles. The van der Waals surface area contributed by atoms with Gasteiger partial charge in [-0.05, 0) is 47.0 Å². The zero-order valence-corrected chi connectivity index (χ0v) is 12.8. The van der Waals surface area contributed by atoms with Crippen LogP contribution < -0.4 is 10.1 Å². The molecule has 1 aliphatic rings. The Bertz CT molecular complexity index is 545. The van der Waals surface area contributed by atoms with Crippen LogP contribution in [-0.2, 0) is 9.59 Å². The maximum atomic E-state index is 11.6. The monoisotopic (exact) mass is 361 g/mol. The Labute approximate surface area is 129 Å². The van der Waals surface area contributed by atoms with Crippen LogP contribution in [0.3, 0.4) is 0 Å². The second kappa shape index (κ2) is 6.01. The number of benzene rings is 1. The molecule has 7 heteroatoms. The summed E-state index contributed by atoms with van der Waals surface area (Å²) >= 11 is 9.07. The molecule has 0 heterocycles. The third kappa shape index (κ3) is 3.64. The summed E-state index contributed by atoms with van der Waals surface area (Å²) in [5.41, 5.74) is -0.767. The van der Waals surface area contributed by atoms with E-state index in [1.165, 1.54) is 0 Å². The molecule has 2 rings (SSSR count). The summed E-state index contributed by atoms with van der Waals surface area (Å²) in [6.07, 6.45) is 1.21. The van der Waals surface area contributed by atoms with Crippen molar-refractivity contribution >= 4 is 39.4 Å². The molecule has 1 aromatic rings. The predicted molar refractivity (Wildman–Crippen MR) is 77.0 cm³/mol. The van der Waals surface area contributed by atoms with Crippen LogP contribution in [0.15, 0.2) is 22.7 Å². The topological polar surface area (TPSA) is 75.6 Å². The van der Waals surface area contributed by atoms with Gasteiger partial charge in [-0.1, -0.05) is 11.6 Å². The first-order valence-corrected chi connectivity index (χ1v) is 7.18. The van der Waals surface area contributed by atoms with E-state index in [0.717, 1.165) is 0 Å². The zero-order valence-electron chi connectivity index (χ0n) is 10.5. The van der Waals surface area contributed by atoms with Gasteiger partial charge in [0, 0.05) is 11.6 Å². The van der Waals surface area contributed by atoms with Gasteiger partial charge in [0.25, 0.3) is 5.91 Å². The number of carboxylic acids is 1. The predicted octanol–water partition coefficient (Wildman–Crippen LogP) is 2.46. The maximum absolute atomic E-state index is 11.6. The summed E-state index contributed by atoms with van der Waals surface area (Å²) in [7, 11) is 0. The molecule has 0 spiro atoms. The van der Waals surface area contributed by atoms with Crippen molar-refractivity contribution in [2.45, 2.75) is 12.8 Å². The first-order valence-electron chi connectivity index (χ1n) is 6.01. The van der Waals surface area contributed by atoms with E-state index in [4.69, 9.17) is 21.4 Å². The molecule has 1 aromatic carbocycles. The molecule has 0 bridgehead atoms. The van der Waals surface area contributed by atoms with Crippen molar-refractivity contribution in [1.29, 1.82) is 0 Å². The number of carbonyl (C=O) groups excluding carboxylic acids is 1. The highest BCUT2D eigenvalue weighted by Crippen LogP contribution is 2.45. The average Bonchev–Trinajstić information content (AvgIpc) is 3.16. The van der Waals surface area contributed by atoms with E-state index in [1.54, 1.807) is 18.2 Å². The molecule has 5 nitrogen and oxygen atoms in total. The number of carbonyl (C=O) groups is 2. The van der Waals surface area contributed by atoms with Crippen LogP contribution >= 0.6 is 27.5 Å². The van der Waals surface area contributed by atoms with Crippen LogP contribution in [-0.4, -0.2) is 30.1 Å². The first kappa shape index (κ1) is 15.1. The lowest BCUT2D eigenvalue weighted by molar-refractivity contribution is -0.143. The van der Waals surface area contributed by atoms with E-state index < -0.39 is 11.4 Å². The van der Waals surface area contributed by atoms with Crippen molar-refractivity contribution < 1.29 is 19.4 Å². The first-order chi connectivity index (χ1) is 9.43. The minimum Gasteiger partial charge on any atom is -0.483 e. The fourth-order valence-electron chi connectivity index (χ4n) is 1.67. The number of carboxylic acid groups (broad SMARTS) is 1. The Kier molecular flexibility index (Phi) is 4.55. The second-order valence-corrected chi connectivity index (χ2v) is 6.02. The molecule has 0 radical (unpaired) electrons. The van der Waals surface area contributed by atoms with Gasteiger partial charge in [-0.25, -0.2) is 0 Å². The summed E-state index contributed by atoms with van der Waals surface area (Å²) in [5.74, 6) is -0.706. The molecule has 20 heavy (non-hydrogen) atoms. The highest BCUT2D eigenvalue weighted by Gasteiger charge is 2.50. The van der Waals surface area contributed by atoms with Crippen LogP contribution in [0.4, 0.5) is 0 Å². The van der Waals surface area contributed by atoms with Gasteiger partial charge in [0.05, 0.1) is 9.89 Å². The fourth-order valence-corrected chi connectivity index (χ4v) is 2.47. The van der Waals surface area contributed by atoms with E-state index >= 15 is 0 Å². The lowest BCUT2D eigenvalue weighted by Gasteiger charge is -2.12. The van der Waals surface area contributed by atoms with E-state index in [9.17, 15) is 9.59 Å². The molecule has 2 N–H and O–H groups in total. The van der Waals surface area contributed by atoms with Crippen LogP contribution in [0.25, 0.3) is 0 Å². The van der Waals surface area contributed by atoms with Crippen LogP contribution in [0.2, 0.25) is 5.02 Å². The molecule has 0 unspecified atom stereocenters. The highest BCUT2D eigenvalue weighted by atomic mass is 79.9. The van der Waals surface area contributed by atoms with Gasteiger partial charge in [0.15, 0.2) is 6.61 Å². The minimum absolute atomic E-state index is 0.145. The summed E-state index contributed by atoms with van der Waals surface area (Å²) in [4.78, 5) is 22.6. The second-order valence-electron chi connectivity index (χ2n) is 4.73. The smallest absolute Gasteiger partial charge is 0.311 e. The SMILES string of the molecule is O=C(COc1ccc(Cl)cc1Br)NCC1(C(=O)O)CC1. The van der Waals surface area contributed by atoms with Crippen LogP contribution in [0.5, 0.6) is 5.75 Å². The van der Waals surface area contributed by atoms with E-state index in [1.807, 2.05) is 0 Å². The van der Waals surface area contributed by atoms with Crippen LogP contribution in [0, 0.1) is 5.41 Å².